The molecule has 1 amide bonds. The lowest BCUT2D eigenvalue weighted by Gasteiger charge is -2.24. The van der Waals surface area contributed by atoms with Gasteiger partial charge >= 0.3 is 5.69 Å². The summed E-state index contributed by atoms with van der Waals surface area (Å²) >= 11 is 0. The lowest BCUT2D eigenvalue weighted by molar-refractivity contribution is -0.116. The molecule has 3 aromatic rings. The summed E-state index contributed by atoms with van der Waals surface area (Å²) in [5, 5.41) is 12.4. The minimum absolute atomic E-state index is 0.00611. The SMILES string of the molecule is Cn1c(Nc2cccc(N(CC(N)=O)Cc3ccccc3)c2)c(C#N)c(=O)n(C)c1=O. The van der Waals surface area contributed by atoms with Gasteiger partial charge in [-0.25, -0.2) is 4.79 Å². The van der Waals surface area contributed by atoms with E-state index in [2.05, 4.69) is 5.32 Å². The van der Waals surface area contributed by atoms with Gasteiger partial charge in [-0.2, -0.15) is 5.26 Å². The van der Waals surface area contributed by atoms with Crippen molar-refractivity contribution in [3.05, 3.63) is 86.6 Å². The van der Waals surface area contributed by atoms with E-state index in [9.17, 15) is 19.6 Å². The van der Waals surface area contributed by atoms with Gasteiger partial charge in [-0.1, -0.05) is 36.4 Å². The molecule has 0 saturated carbocycles. The first-order valence-electron chi connectivity index (χ1n) is 9.46. The number of aromatic nitrogens is 2. The molecule has 158 valence electrons. The van der Waals surface area contributed by atoms with Crippen molar-refractivity contribution >= 4 is 23.1 Å². The maximum Gasteiger partial charge on any atom is 0.332 e. The molecule has 0 aliphatic carbocycles. The van der Waals surface area contributed by atoms with Crippen LogP contribution in [-0.4, -0.2) is 21.6 Å². The van der Waals surface area contributed by atoms with Gasteiger partial charge < -0.3 is 16.0 Å². The average Bonchev–Trinajstić information content (AvgIpc) is 2.76. The second-order valence-electron chi connectivity index (χ2n) is 7.02. The third-order valence-corrected chi connectivity index (χ3v) is 4.81. The van der Waals surface area contributed by atoms with Crippen molar-refractivity contribution < 1.29 is 4.79 Å². The summed E-state index contributed by atoms with van der Waals surface area (Å²) in [7, 11) is 2.80. The summed E-state index contributed by atoms with van der Waals surface area (Å²) in [4.78, 5) is 38.1. The molecule has 0 unspecified atom stereocenters. The van der Waals surface area contributed by atoms with E-state index in [0.29, 0.717) is 17.9 Å². The van der Waals surface area contributed by atoms with E-state index in [1.54, 1.807) is 18.2 Å². The smallest absolute Gasteiger partial charge is 0.332 e. The Hall–Kier alpha value is -4.32. The van der Waals surface area contributed by atoms with E-state index in [0.717, 1.165) is 10.1 Å². The molecule has 0 saturated heterocycles. The monoisotopic (exact) mass is 418 g/mol. The van der Waals surface area contributed by atoms with Crippen LogP contribution in [0.25, 0.3) is 0 Å². The standard InChI is InChI=1S/C22H22N6O3/c1-26-20(18(12-23)21(30)27(2)22(26)31)25-16-9-6-10-17(11-16)28(14-19(24)29)13-15-7-4-3-5-8-15/h3-11,25H,13-14H2,1-2H3,(H2,24,29). The fourth-order valence-corrected chi connectivity index (χ4v) is 3.24. The van der Waals surface area contributed by atoms with Crippen LogP contribution in [0.4, 0.5) is 17.2 Å². The Bertz CT molecular complexity index is 1270. The maximum atomic E-state index is 12.3. The molecule has 0 spiro atoms. The molecule has 0 atom stereocenters. The summed E-state index contributed by atoms with van der Waals surface area (Å²) in [5.74, 6) is -0.382. The Morgan fingerprint density at radius 2 is 1.81 bits per heavy atom. The van der Waals surface area contributed by atoms with Crippen molar-refractivity contribution in [2.45, 2.75) is 6.54 Å². The lowest BCUT2D eigenvalue weighted by Crippen LogP contribution is -2.39. The molecule has 3 N–H and O–H groups in total. The Morgan fingerprint density at radius 1 is 1.10 bits per heavy atom. The van der Waals surface area contributed by atoms with Gasteiger partial charge in [-0.3, -0.25) is 18.7 Å². The van der Waals surface area contributed by atoms with Crippen LogP contribution in [0.1, 0.15) is 11.1 Å². The molecule has 1 heterocycles. The number of carbonyl (C=O) groups excluding carboxylic acids is 1. The van der Waals surface area contributed by atoms with E-state index < -0.39 is 17.2 Å². The van der Waals surface area contributed by atoms with Crippen LogP contribution < -0.4 is 27.2 Å². The van der Waals surface area contributed by atoms with Gasteiger partial charge in [-0.05, 0) is 23.8 Å². The number of hydrogen-bond donors (Lipinski definition) is 2. The molecule has 0 radical (unpaired) electrons. The highest BCUT2D eigenvalue weighted by molar-refractivity contribution is 5.80. The Kier molecular flexibility index (Phi) is 6.21. The summed E-state index contributed by atoms with van der Waals surface area (Å²) in [5.41, 5.74) is 6.29. The maximum absolute atomic E-state index is 12.3. The van der Waals surface area contributed by atoms with Crippen LogP contribution in [0.15, 0.2) is 64.2 Å². The Labute approximate surface area is 178 Å². The second-order valence-corrected chi connectivity index (χ2v) is 7.02. The summed E-state index contributed by atoms with van der Waals surface area (Å²) < 4.78 is 2.09. The number of amides is 1. The van der Waals surface area contributed by atoms with E-state index in [1.807, 2.05) is 47.4 Å². The predicted octanol–water partition coefficient (Wildman–Crippen LogP) is 1.19. The zero-order valence-corrected chi connectivity index (χ0v) is 17.2. The zero-order chi connectivity index (χ0) is 22.5. The van der Waals surface area contributed by atoms with Gasteiger partial charge in [-0.15, -0.1) is 0 Å². The Morgan fingerprint density at radius 3 is 2.45 bits per heavy atom. The van der Waals surface area contributed by atoms with Gasteiger partial charge in [0.2, 0.25) is 5.91 Å². The molecule has 3 rings (SSSR count). The lowest BCUT2D eigenvalue weighted by atomic mass is 10.2. The van der Waals surface area contributed by atoms with Gasteiger partial charge in [0.15, 0.2) is 5.56 Å². The van der Waals surface area contributed by atoms with Crippen molar-refractivity contribution in [3.63, 3.8) is 0 Å². The van der Waals surface area contributed by atoms with E-state index in [-0.39, 0.29) is 17.9 Å². The molecule has 0 bridgehead atoms. The largest absolute Gasteiger partial charge is 0.368 e. The van der Waals surface area contributed by atoms with Crippen molar-refractivity contribution in [2.24, 2.45) is 19.8 Å². The highest BCUT2D eigenvalue weighted by Crippen LogP contribution is 2.24. The van der Waals surface area contributed by atoms with Crippen LogP contribution in [0, 0.1) is 11.3 Å². The first kappa shape index (κ1) is 21.4. The number of nitrogens with two attached hydrogens (primary N) is 1. The van der Waals surface area contributed by atoms with Gasteiger partial charge in [0.1, 0.15) is 11.9 Å². The molecule has 9 heteroatoms. The second kappa shape index (κ2) is 9.00. The molecule has 0 aliphatic rings. The molecule has 31 heavy (non-hydrogen) atoms. The van der Waals surface area contributed by atoms with Crippen molar-refractivity contribution in [2.75, 3.05) is 16.8 Å². The number of rotatable bonds is 7. The normalized spacial score (nSPS) is 10.4. The minimum Gasteiger partial charge on any atom is -0.368 e. The van der Waals surface area contributed by atoms with Crippen LogP contribution in [0.3, 0.4) is 0 Å². The number of carbonyl (C=O) groups is 1. The van der Waals surface area contributed by atoms with E-state index in [1.165, 1.54) is 18.7 Å². The number of nitriles is 1. The van der Waals surface area contributed by atoms with Crippen molar-refractivity contribution in [1.82, 2.24) is 9.13 Å². The molecule has 2 aromatic carbocycles. The van der Waals surface area contributed by atoms with Crippen LogP contribution in [0.5, 0.6) is 0 Å². The molecule has 0 aliphatic heterocycles. The molecule has 9 nitrogen and oxygen atoms in total. The van der Waals surface area contributed by atoms with Crippen LogP contribution in [-0.2, 0) is 25.4 Å². The Balaban J connectivity index is 2.00. The van der Waals surface area contributed by atoms with Crippen LogP contribution >= 0.6 is 0 Å². The highest BCUT2D eigenvalue weighted by atomic mass is 16.2. The third kappa shape index (κ3) is 4.64. The number of nitrogens with one attached hydrogen (secondary N) is 1. The number of nitrogens with zero attached hydrogens (tertiary/aromatic N) is 4. The minimum atomic E-state index is -0.677. The summed E-state index contributed by atoms with van der Waals surface area (Å²) in [6.07, 6.45) is 0. The van der Waals surface area contributed by atoms with Crippen LogP contribution in [0.2, 0.25) is 0 Å². The van der Waals surface area contributed by atoms with Crippen molar-refractivity contribution in [3.8, 4) is 6.07 Å². The fourth-order valence-electron chi connectivity index (χ4n) is 3.24. The zero-order valence-electron chi connectivity index (χ0n) is 17.2. The van der Waals surface area contributed by atoms with Crippen molar-refractivity contribution in [1.29, 1.82) is 5.26 Å². The molecule has 0 fully saturated rings. The summed E-state index contributed by atoms with van der Waals surface area (Å²) in [6, 6.07) is 18.6. The van der Waals surface area contributed by atoms with Gasteiger partial charge in [0, 0.05) is 32.0 Å². The number of benzene rings is 2. The van der Waals surface area contributed by atoms with E-state index >= 15 is 0 Å². The predicted molar refractivity (Wildman–Crippen MR) is 118 cm³/mol. The quantitative estimate of drug-likeness (QED) is 0.594. The number of anilines is 3. The summed E-state index contributed by atoms with van der Waals surface area (Å²) in [6.45, 7) is 0.465. The average molecular weight is 418 g/mol. The van der Waals surface area contributed by atoms with Gasteiger partial charge in [0.25, 0.3) is 5.56 Å². The first-order chi connectivity index (χ1) is 14.8. The fraction of sp³-hybridized carbons (Fsp3) is 0.182. The number of hydrogen-bond acceptors (Lipinski definition) is 6. The molecule has 1 aromatic heterocycles. The molecular formula is C22H22N6O3. The number of primary amides is 1. The van der Waals surface area contributed by atoms with Gasteiger partial charge in [0.05, 0.1) is 6.54 Å². The van der Waals surface area contributed by atoms with E-state index in [4.69, 9.17) is 5.73 Å². The topological polar surface area (TPSA) is 126 Å². The third-order valence-electron chi connectivity index (χ3n) is 4.81. The molecular weight excluding hydrogens is 396 g/mol. The highest BCUT2D eigenvalue weighted by Gasteiger charge is 2.16. The first-order valence-corrected chi connectivity index (χ1v) is 9.46.